The van der Waals surface area contributed by atoms with Gasteiger partial charge in [0.05, 0.1) is 0 Å². The Bertz CT molecular complexity index is 3.25. The molecule has 0 fully saturated rings. The normalized spacial score (nSPS) is 0. The van der Waals surface area contributed by atoms with Gasteiger partial charge in [-0.2, -0.15) is 0 Å². The first-order valence-corrected chi connectivity index (χ1v) is 0. The average molecular weight is 380 g/mol. The SMILES string of the molecule is O.[SnH2].[SnH2].[SnH2]. The number of hydrogen-bond donors (Lipinski definition) is 0. The summed E-state index contributed by atoms with van der Waals surface area (Å²) in [5, 5.41) is 0. The van der Waals surface area contributed by atoms with Crippen molar-refractivity contribution in [3.8, 4) is 0 Å². The first-order chi connectivity index (χ1) is 0. The molecule has 0 aliphatic rings. The Morgan fingerprint density at radius 1 is 0.500 bits per heavy atom. The van der Waals surface area contributed by atoms with Crippen molar-refractivity contribution in [3.63, 3.8) is 0 Å². The zero-order chi connectivity index (χ0) is 0. The van der Waals surface area contributed by atoms with E-state index in [0.717, 1.165) is 0 Å². The molecule has 0 unspecified atom stereocenters. The topological polar surface area (TPSA) is 31.5 Å². The van der Waals surface area contributed by atoms with Gasteiger partial charge < -0.3 is 5.48 Å². The Morgan fingerprint density at radius 2 is 0.500 bits per heavy atom. The molecule has 4 heavy (non-hydrogen) atoms. The van der Waals surface area contributed by atoms with Crippen LogP contribution in [0.5, 0.6) is 0 Å². The zero-order valence-corrected chi connectivity index (χ0v) is 14.7. The standard InChI is InChI=1S/H2O.3Sn.6H/h1H2;;;;;;;;;. The van der Waals surface area contributed by atoms with Crippen LogP contribution in [0.3, 0.4) is 0 Å². The second kappa shape index (κ2) is 18.3. The Labute approximate surface area is 76.1 Å². The van der Waals surface area contributed by atoms with Gasteiger partial charge in [0.15, 0.2) is 0 Å². The Hall–Kier alpha value is 2.36. The predicted molar refractivity (Wildman–Crippen MR) is 29.2 cm³/mol. The molecule has 1 nitrogen and oxygen atoms in total. The molecule has 0 atom stereocenters. The van der Waals surface area contributed by atoms with Crippen molar-refractivity contribution >= 4 is 71.7 Å². The Morgan fingerprint density at radius 3 is 0.500 bits per heavy atom. The van der Waals surface area contributed by atoms with Crippen LogP contribution < -0.4 is 0 Å². The third-order valence-corrected chi connectivity index (χ3v) is 0. The van der Waals surface area contributed by atoms with E-state index in [4.69, 9.17) is 0 Å². The van der Waals surface area contributed by atoms with Gasteiger partial charge >= 0.3 is 71.7 Å². The summed E-state index contributed by atoms with van der Waals surface area (Å²) in [4.78, 5) is 0. The molecular formula is H8OSn3. The van der Waals surface area contributed by atoms with E-state index < -0.39 is 0 Å². The van der Waals surface area contributed by atoms with E-state index in [9.17, 15) is 0 Å². The molecule has 26 valence electrons. The van der Waals surface area contributed by atoms with Crippen LogP contribution in [0.1, 0.15) is 0 Å². The molecule has 0 aromatic carbocycles. The van der Waals surface area contributed by atoms with Gasteiger partial charge in [-0.25, -0.2) is 0 Å². The summed E-state index contributed by atoms with van der Waals surface area (Å²) in [6.45, 7) is 0. The molecule has 0 saturated carbocycles. The minimum atomic E-state index is 0. The van der Waals surface area contributed by atoms with Crippen molar-refractivity contribution in [1.82, 2.24) is 0 Å². The van der Waals surface area contributed by atoms with Crippen LogP contribution >= 0.6 is 0 Å². The first kappa shape index (κ1) is 32.8. The van der Waals surface area contributed by atoms with Gasteiger partial charge in [-0.3, -0.25) is 0 Å². The van der Waals surface area contributed by atoms with E-state index in [-0.39, 0.29) is 77.2 Å². The number of hydrogen-bond acceptors (Lipinski definition) is 0. The van der Waals surface area contributed by atoms with E-state index in [1.807, 2.05) is 0 Å². The van der Waals surface area contributed by atoms with Crippen LogP contribution in [-0.4, -0.2) is 77.2 Å². The monoisotopic (exact) mass is 384 g/mol. The summed E-state index contributed by atoms with van der Waals surface area (Å²) >= 11 is 0. The summed E-state index contributed by atoms with van der Waals surface area (Å²) in [5.74, 6) is 0. The molecule has 0 spiro atoms. The van der Waals surface area contributed by atoms with Crippen LogP contribution in [0.25, 0.3) is 0 Å². The van der Waals surface area contributed by atoms with Crippen molar-refractivity contribution in [2.45, 2.75) is 0 Å². The van der Waals surface area contributed by atoms with Crippen LogP contribution in [0.4, 0.5) is 0 Å². The third kappa shape index (κ3) is 8.84. The summed E-state index contributed by atoms with van der Waals surface area (Å²) < 4.78 is 0. The van der Waals surface area contributed by atoms with Crippen LogP contribution in [-0.2, 0) is 0 Å². The molecule has 2 N–H and O–H groups in total. The van der Waals surface area contributed by atoms with Crippen molar-refractivity contribution in [1.29, 1.82) is 0 Å². The average Bonchev–Trinajstić information content (AvgIpc) is 0. The molecule has 0 bridgehead atoms. The molecule has 0 aromatic rings. The van der Waals surface area contributed by atoms with Crippen LogP contribution in [0.2, 0.25) is 0 Å². The van der Waals surface area contributed by atoms with Crippen LogP contribution in [0.15, 0.2) is 0 Å². The van der Waals surface area contributed by atoms with E-state index >= 15 is 0 Å². The molecule has 0 heterocycles. The molecule has 4 heteroatoms. The maximum atomic E-state index is 0. The van der Waals surface area contributed by atoms with Gasteiger partial charge in [0.2, 0.25) is 0 Å². The van der Waals surface area contributed by atoms with Gasteiger partial charge in [-0.05, 0) is 0 Å². The summed E-state index contributed by atoms with van der Waals surface area (Å²) in [7, 11) is 0. The van der Waals surface area contributed by atoms with E-state index in [1.165, 1.54) is 0 Å². The molecule has 0 aromatic heterocycles. The summed E-state index contributed by atoms with van der Waals surface area (Å²) in [6.07, 6.45) is 0. The van der Waals surface area contributed by atoms with Crippen molar-refractivity contribution in [3.05, 3.63) is 0 Å². The Balaban J connectivity index is 0. The molecule has 0 amide bonds. The predicted octanol–water partition coefficient (Wildman–Crippen LogP) is -3.57. The van der Waals surface area contributed by atoms with E-state index in [2.05, 4.69) is 0 Å². The molecule has 0 saturated heterocycles. The third-order valence-electron chi connectivity index (χ3n) is 0. The molecule has 0 rings (SSSR count). The first-order valence-electron chi connectivity index (χ1n) is 0. The molecule has 0 aliphatic carbocycles. The second-order valence-corrected chi connectivity index (χ2v) is 0. The molecule has 6 radical (unpaired) electrons. The fraction of sp³-hybridized carbons (Fsp3) is 0. The van der Waals surface area contributed by atoms with E-state index in [0.29, 0.717) is 0 Å². The van der Waals surface area contributed by atoms with Crippen LogP contribution in [0, 0.1) is 0 Å². The van der Waals surface area contributed by atoms with Gasteiger partial charge in [-0.15, -0.1) is 0 Å². The fourth-order valence-electron chi connectivity index (χ4n) is 0. The van der Waals surface area contributed by atoms with Gasteiger partial charge in [0.25, 0.3) is 0 Å². The fourth-order valence-corrected chi connectivity index (χ4v) is 0. The zero-order valence-electron chi connectivity index (χ0n) is 2.62. The molecule has 0 aliphatic heterocycles. The van der Waals surface area contributed by atoms with Gasteiger partial charge in [-0.1, -0.05) is 0 Å². The van der Waals surface area contributed by atoms with Gasteiger partial charge in [0.1, 0.15) is 0 Å². The summed E-state index contributed by atoms with van der Waals surface area (Å²) in [6, 6.07) is 0. The van der Waals surface area contributed by atoms with E-state index in [1.54, 1.807) is 0 Å². The summed E-state index contributed by atoms with van der Waals surface area (Å²) in [5.41, 5.74) is 0. The van der Waals surface area contributed by atoms with Crippen molar-refractivity contribution < 1.29 is 5.48 Å². The second-order valence-electron chi connectivity index (χ2n) is 0. The molecular weight excluding hydrogens is 372 g/mol. The Kier molecular flexibility index (Phi) is 150. The minimum absolute atomic E-state index is 0. The quantitative estimate of drug-likeness (QED) is 0.390. The van der Waals surface area contributed by atoms with Crippen molar-refractivity contribution in [2.75, 3.05) is 0 Å². The number of rotatable bonds is 0. The van der Waals surface area contributed by atoms with Crippen molar-refractivity contribution in [2.24, 2.45) is 0 Å². The maximum absolute atomic E-state index is 0. The van der Waals surface area contributed by atoms with Gasteiger partial charge in [0, 0.05) is 0 Å².